The molecule has 0 aliphatic heterocycles. The van der Waals surface area contributed by atoms with E-state index in [4.69, 9.17) is 11.5 Å². The number of primary amides is 2. The van der Waals surface area contributed by atoms with E-state index in [0.717, 1.165) is 0 Å². The second-order valence-electron chi connectivity index (χ2n) is 3.00. The Balaban J connectivity index is 2.85. The summed E-state index contributed by atoms with van der Waals surface area (Å²) < 4.78 is 1.48. The smallest absolute Gasteiger partial charge is 0.265 e. The van der Waals surface area contributed by atoms with Crippen molar-refractivity contribution in [2.24, 2.45) is 11.5 Å². The zero-order chi connectivity index (χ0) is 11.0. The van der Waals surface area contributed by atoms with Gasteiger partial charge in [-0.25, -0.2) is 0 Å². The van der Waals surface area contributed by atoms with E-state index in [1.807, 2.05) is 0 Å². The van der Waals surface area contributed by atoms with E-state index < -0.39 is 11.8 Å². The molecule has 4 N–H and O–H groups in total. The molecule has 2 rings (SSSR count). The quantitative estimate of drug-likeness (QED) is 0.691. The number of nitrogens with two attached hydrogens (primary N) is 2. The van der Waals surface area contributed by atoms with Gasteiger partial charge in [-0.1, -0.05) is 0 Å². The van der Waals surface area contributed by atoms with Gasteiger partial charge in [-0.3, -0.25) is 14.6 Å². The number of amides is 2. The maximum absolute atomic E-state index is 11.1. The molecule has 0 unspecified atom stereocenters. The number of hydrogen-bond donors (Lipinski definition) is 2. The van der Waals surface area contributed by atoms with Crippen LogP contribution in [0.25, 0.3) is 5.52 Å². The number of aromatic nitrogens is 2. The first-order chi connectivity index (χ1) is 7.11. The third-order valence-electron chi connectivity index (χ3n) is 2.09. The Labute approximate surface area is 84.5 Å². The molecule has 0 atom stereocenters. The lowest BCUT2D eigenvalue weighted by Crippen LogP contribution is -2.13. The molecule has 0 saturated heterocycles. The number of carbonyl (C=O) groups is 2. The van der Waals surface area contributed by atoms with Gasteiger partial charge in [-0.2, -0.15) is 0 Å². The second-order valence-corrected chi connectivity index (χ2v) is 3.00. The van der Waals surface area contributed by atoms with Crippen LogP contribution in [0.3, 0.4) is 0 Å². The highest BCUT2D eigenvalue weighted by Gasteiger charge is 2.15. The van der Waals surface area contributed by atoms with Crippen LogP contribution >= 0.6 is 0 Å². The van der Waals surface area contributed by atoms with E-state index in [0.29, 0.717) is 5.52 Å². The topological polar surface area (TPSA) is 103 Å². The number of nitrogens with zero attached hydrogens (tertiary/aromatic N) is 2. The van der Waals surface area contributed by atoms with E-state index in [9.17, 15) is 9.59 Å². The van der Waals surface area contributed by atoms with E-state index in [-0.39, 0.29) is 11.3 Å². The molecular formula is C9H8N4O2. The van der Waals surface area contributed by atoms with Crippen LogP contribution < -0.4 is 11.5 Å². The fourth-order valence-electron chi connectivity index (χ4n) is 1.44. The lowest BCUT2D eigenvalue weighted by Gasteiger charge is -1.96. The van der Waals surface area contributed by atoms with Gasteiger partial charge >= 0.3 is 0 Å². The van der Waals surface area contributed by atoms with Crippen molar-refractivity contribution in [2.75, 3.05) is 0 Å². The zero-order valence-corrected chi connectivity index (χ0v) is 7.68. The lowest BCUT2D eigenvalue weighted by atomic mass is 10.2. The highest BCUT2D eigenvalue weighted by Crippen LogP contribution is 2.14. The van der Waals surface area contributed by atoms with Crippen LogP contribution in [0.2, 0.25) is 0 Å². The summed E-state index contributed by atoms with van der Waals surface area (Å²) in [5.41, 5.74) is 11.2. The van der Waals surface area contributed by atoms with Crippen LogP contribution in [-0.4, -0.2) is 21.2 Å². The summed E-state index contributed by atoms with van der Waals surface area (Å²) in [5, 5.41) is 0. The molecule has 0 fully saturated rings. The van der Waals surface area contributed by atoms with Crippen LogP contribution in [0.1, 0.15) is 20.8 Å². The van der Waals surface area contributed by atoms with E-state index in [1.165, 1.54) is 22.9 Å². The Morgan fingerprint density at radius 1 is 1.27 bits per heavy atom. The summed E-state index contributed by atoms with van der Waals surface area (Å²) in [7, 11) is 0. The minimum Gasteiger partial charge on any atom is -0.366 e. The summed E-state index contributed by atoms with van der Waals surface area (Å²) in [5.74, 6) is -1.24. The summed E-state index contributed by atoms with van der Waals surface area (Å²) in [6.07, 6.45) is 4.48. The lowest BCUT2D eigenvalue weighted by molar-refractivity contribution is 0.0993. The summed E-state index contributed by atoms with van der Waals surface area (Å²) in [6, 6.07) is 1.36. The van der Waals surface area contributed by atoms with E-state index in [2.05, 4.69) is 4.98 Å². The van der Waals surface area contributed by atoms with Crippen molar-refractivity contribution >= 4 is 17.3 Å². The minimum absolute atomic E-state index is 0.209. The first-order valence-corrected chi connectivity index (χ1v) is 4.16. The Bertz CT molecular complexity index is 510. The molecule has 2 aromatic heterocycles. The van der Waals surface area contributed by atoms with Crippen molar-refractivity contribution in [3.05, 3.63) is 35.9 Å². The van der Waals surface area contributed by atoms with Crippen LogP contribution in [0.4, 0.5) is 0 Å². The molecule has 0 radical (unpaired) electrons. The average Bonchev–Trinajstić information content (AvgIpc) is 2.56. The van der Waals surface area contributed by atoms with Crippen molar-refractivity contribution in [3.63, 3.8) is 0 Å². The molecule has 6 nitrogen and oxygen atoms in total. The van der Waals surface area contributed by atoms with E-state index >= 15 is 0 Å². The van der Waals surface area contributed by atoms with Gasteiger partial charge < -0.3 is 15.9 Å². The van der Waals surface area contributed by atoms with Gasteiger partial charge in [0.1, 0.15) is 5.69 Å². The van der Waals surface area contributed by atoms with Crippen molar-refractivity contribution in [2.45, 2.75) is 0 Å². The number of rotatable bonds is 2. The molecule has 0 bridgehead atoms. The van der Waals surface area contributed by atoms with Crippen LogP contribution in [0, 0.1) is 0 Å². The normalized spacial score (nSPS) is 10.4. The fourth-order valence-corrected chi connectivity index (χ4v) is 1.44. The monoisotopic (exact) mass is 204 g/mol. The molecule has 0 aliphatic carbocycles. The number of fused-ring (bicyclic) bond motifs is 1. The van der Waals surface area contributed by atoms with Gasteiger partial charge in [0, 0.05) is 12.4 Å². The highest BCUT2D eigenvalue weighted by molar-refractivity contribution is 6.04. The summed E-state index contributed by atoms with van der Waals surface area (Å²) in [4.78, 5) is 26.0. The van der Waals surface area contributed by atoms with Crippen molar-refractivity contribution in [3.8, 4) is 0 Å². The Hall–Kier alpha value is -2.37. The second kappa shape index (κ2) is 3.09. The highest BCUT2D eigenvalue weighted by atomic mass is 16.1. The molecule has 2 amide bonds. The Morgan fingerprint density at radius 3 is 2.60 bits per heavy atom. The molecule has 0 aromatic carbocycles. The van der Waals surface area contributed by atoms with Crippen molar-refractivity contribution in [1.82, 2.24) is 9.38 Å². The SMILES string of the molecule is NC(=O)c1cc(C(N)=O)n2ccncc12. The summed E-state index contributed by atoms with van der Waals surface area (Å²) >= 11 is 0. The van der Waals surface area contributed by atoms with Crippen LogP contribution in [-0.2, 0) is 0 Å². The minimum atomic E-state index is -0.622. The Kier molecular flexibility index (Phi) is 1.89. The maximum atomic E-state index is 11.1. The molecule has 6 heteroatoms. The molecule has 76 valence electrons. The van der Waals surface area contributed by atoms with Gasteiger partial charge in [0.15, 0.2) is 0 Å². The molecule has 2 aromatic rings. The Morgan fingerprint density at radius 2 is 2.00 bits per heavy atom. The molecule has 0 saturated carbocycles. The third-order valence-corrected chi connectivity index (χ3v) is 2.09. The third kappa shape index (κ3) is 1.32. The van der Waals surface area contributed by atoms with Gasteiger partial charge in [-0.05, 0) is 6.07 Å². The van der Waals surface area contributed by atoms with Gasteiger partial charge in [0.05, 0.1) is 17.3 Å². The predicted octanol–water partition coefficient (Wildman–Crippen LogP) is -0.468. The molecule has 15 heavy (non-hydrogen) atoms. The maximum Gasteiger partial charge on any atom is 0.265 e. The van der Waals surface area contributed by atoms with Gasteiger partial charge in [0.25, 0.3) is 11.8 Å². The van der Waals surface area contributed by atoms with Gasteiger partial charge in [-0.15, -0.1) is 0 Å². The van der Waals surface area contributed by atoms with Crippen LogP contribution in [0.15, 0.2) is 24.7 Å². The van der Waals surface area contributed by atoms with Crippen molar-refractivity contribution < 1.29 is 9.59 Å². The van der Waals surface area contributed by atoms with Crippen LogP contribution in [0.5, 0.6) is 0 Å². The largest absolute Gasteiger partial charge is 0.366 e. The van der Waals surface area contributed by atoms with Crippen molar-refractivity contribution in [1.29, 1.82) is 0 Å². The standard InChI is InChI=1S/C9H8N4O2/c10-8(14)5-3-6(9(11)15)13-2-1-12-4-7(5)13/h1-4H,(H2,10,14)(H2,11,15). The first kappa shape index (κ1) is 9.20. The predicted molar refractivity (Wildman–Crippen MR) is 52.2 cm³/mol. The number of hydrogen-bond acceptors (Lipinski definition) is 3. The molecule has 0 spiro atoms. The molecular weight excluding hydrogens is 196 g/mol. The first-order valence-electron chi connectivity index (χ1n) is 4.16. The fraction of sp³-hybridized carbons (Fsp3) is 0. The molecule has 0 aliphatic rings. The number of carbonyl (C=O) groups excluding carboxylic acids is 2. The zero-order valence-electron chi connectivity index (χ0n) is 7.68. The van der Waals surface area contributed by atoms with E-state index in [1.54, 1.807) is 6.20 Å². The average molecular weight is 204 g/mol. The molecule has 2 heterocycles. The summed E-state index contributed by atoms with van der Waals surface area (Å²) in [6.45, 7) is 0. The van der Waals surface area contributed by atoms with Gasteiger partial charge in [0.2, 0.25) is 0 Å².